The quantitative estimate of drug-likeness (QED) is 0.0450. The fourth-order valence-corrected chi connectivity index (χ4v) is 9.42. The lowest BCUT2D eigenvalue weighted by Gasteiger charge is -2.46. The number of hydrogen-bond donors (Lipinski definition) is 0. The number of alkyl halides is 24. The summed E-state index contributed by atoms with van der Waals surface area (Å²) in [6.45, 7) is 0.106. The van der Waals surface area contributed by atoms with E-state index in [0.717, 1.165) is 16.3 Å². The lowest BCUT2D eigenvalue weighted by molar-refractivity contribution is -0.683. The van der Waals surface area contributed by atoms with Crippen molar-refractivity contribution in [3.63, 3.8) is 0 Å². The molecule has 1 heterocycles. The highest BCUT2D eigenvalue weighted by Crippen LogP contribution is 2.41. The van der Waals surface area contributed by atoms with Gasteiger partial charge < -0.3 is 0 Å². The van der Waals surface area contributed by atoms with Gasteiger partial charge in [-0.05, 0) is 47.4 Å². The zero-order chi connectivity index (χ0) is 64.0. The maximum atomic E-state index is 14.2. The largest absolute Gasteiger partial charge is 0.416 e. The molecule has 0 aliphatic carbocycles. The third kappa shape index (κ3) is 14.7. The van der Waals surface area contributed by atoms with Gasteiger partial charge in [-0.2, -0.15) is 132 Å². The van der Waals surface area contributed by atoms with Gasteiger partial charge in [0.15, 0.2) is 6.20 Å². The first-order chi connectivity index (χ1) is 39.5. The van der Waals surface area contributed by atoms with Gasteiger partial charge in [-0.1, -0.05) is 133 Å². The molecule has 0 bridgehead atoms. The summed E-state index contributed by atoms with van der Waals surface area (Å²) in [6, 6.07) is 19.7. The molecule has 0 saturated carbocycles. The van der Waals surface area contributed by atoms with Crippen molar-refractivity contribution in [3.05, 3.63) is 237 Å². The van der Waals surface area contributed by atoms with Crippen LogP contribution in [0.5, 0.6) is 0 Å². The molecule has 0 amide bonds. The van der Waals surface area contributed by atoms with E-state index in [-0.39, 0.29) is 18.1 Å². The SMILES string of the molecule is FC(F)(F)c1cc([B-](c2cc(C(F)(F)F)cc(C(F)(F)F)c2)(c2cc(C(F)(F)F)cc(C(F)(F)F)c2)c2cc(C(F)(F)F)cc(C(F)(F)F)c2)cc(C(F)(F)F)c1.O=C(C[n+]1ccc2ccccc2c1C(=O)C=Cc1ccccc1)c1ccccc1. The molecule has 0 aliphatic heterocycles. The van der Waals surface area contributed by atoms with Gasteiger partial charge in [-0.3, -0.25) is 9.59 Å². The first kappa shape index (κ1) is 65.0. The summed E-state index contributed by atoms with van der Waals surface area (Å²) in [7, 11) is 0. The Hall–Kier alpha value is -8.59. The first-order valence-electron chi connectivity index (χ1n) is 24.1. The zero-order valence-corrected chi connectivity index (χ0v) is 42.4. The third-order valence-corrected chi connectivity index (χ3v) is 13.2. The molecule has 0 spiro atoms. The van der Waals surface area contributed by atoms with Crippen LogP contribution in [0.4, 0.5) is 105 Å². The lowest BCUT2D eigenvalue weighted by atomic mass is 9.12. The van der Waals surface area contributed by atoms with Crippen LogP contribution in [0.1, 0.15) is 70.9 Å². The second-order valence-corrected chi connectivity index (χ2v) is 19.0. The van der Waals surface area contributed by atoms with E-state index in [0.29, 0.717) is 11.3 Å². The molecule has 0 N–H and O–H groups in total. The minimum absolute atomic E-state index is 0.0352. The number of rotatable bonds is 10. The number of fused-ring (bicyclic) bond motifs is 1. The highest BCUT2D eigenvalue weighted by Gasteiger charge is 2.47. The summed E-state index contributed by atoms with van der Waals surface area (Å²) < 4.78 is 343. The number of halogens is 24. The van der Waals surface area contributed by atoms with Crippen LogP contribution < -0.4 is 26.4 Å². The Morgan fingerprint density at radius 1 is 0.360 bits per heavy atom. The number of hydrogen-bond acceptors (Lipinski definition) is 2. The maximum absolute atomic E-state index is 14.2. The molecule has 28 heteroatoms. The lowest BCUT2D eigenvalue weighted by Crippen LogP contribution is -2.75. The predicted octanol–water partition coefficient (Wildman–Crippen LogP) is 16.1. The summed E-state index contributed by atoms with van der Waals surface area (Å²) in [5.74, 6) is -0.168. The number of allylic oxidation sites excluding steroid dienone is 1. The maximum Gasteiger partial charge on any atom is 0.416 e. The smallest absolute Gasteiger partial charge is 0.287 e. The van der Waals surface area contributed by atoms with E-state index in [1.54, 1.807) is 28.9 Å². The molecule has 0 atom stereocenters. The van der Waals surface area contributed by atoms with Crippen molar-refractivity contribution in [1.29, 1.82) is 0 Å². The predicted molar refractivity (Wildman–Crippen MR) is 265 cm³/mol. The number of carbonyl (C=O) groups is 2. The van der Waals surface area contributed by atoms with Crippen molar-refractivity contribution >= 4 is 56.4 Å². The average Bonchev–Trinajstić information content (AvgIpc) is 0.726. The van der Waals surface area contributed by atoms with Gasteiger partial charge in [-0.25, -0.2) is 0 Å². The van der Waals surface area contributed by atoms with Crippen molar-refractivity contribution in [2.75, 3.05) is 0 Å². The Balaban J connectivity index is 0.000000302. The molecule has 452 valence electrons. The molecule has 0 fully saturated rings. The Morgan fingerprint density at radius 2 is 0.651 bits per heavy atom. The van der Waals surface area contributed by atoms with Crippen molar-refractivity contribution < 1.29 is 120 Å². The highest BCUT2D eigenvalue weighted by molar-refractivity contribution is 7.20. The van der Waals surface area contributed by atoms with Crippen molar-refractivity contribution in [2.45, 2.75) is 56.0 Å². The summed E-state index contributed by atoms with van der Waals surface area (Å²) in [6.07, 6.45) is -49.6. The normalized spacial score (nSPS) is 13.2. The number of nitrogens with zero attached hydrogens (tertiary/aromatic N) is 1. The van der Waals surface area contributed by atoms with Crippen molar-refractivity contribution in [1.82, 2.24) is 0 Å². The summed E-state index contributed by atoms with van der Waals surface area (Å²) in [4.78, 5) is 25.9. The minimum Gasteiger partial charge on any atom is -0.287 e. The van der Waals surface area contributed by atoms with Crippen LogP contribution in [-0.2, 0) is 56.0 Å². The summed E-state index contributed by atoms with van der Waals surface area (Å²) >= 11 is 0. The van der Waals surface area contributed by atoms with E-state index in [4.69, 9.17) is 0 Å². The molecular formula is C58H32BF24NO2. The highest BCUT2D eigenvalue weighted by atomic mass is 19.4. The van der Waals surface area contributed by atoms with E-state index < -0.39 is 195 Å². The molecule has 0 saturated heterocycles. The Kier molecular flexibility index (Phi) is 17.6. The summed E-state index contributed by atoms with van der Waals surface area (Å²) in [5.41, 5.74) is -28.1. The van der Waals surface area contributed by atoms with Gasteiger partial charge in [0.25, 0.3) is 5.69 Å². The Morgan fingerprint density at radius 3 is 0.965 bits per heavy atom. The second-order valence-electron chi connectivity index (χ2n) is 19.0. The zero-order valence-electron chi connectivity index (χ0n) is 42.4. The topological polar surface area (TPSA) is 38.0 Å². The molecule has 86 heavy (non-hydrogen) atoms. The number of aromatic nitrogens is 1. The Bertz CT molecular complexity index is 3400. The van der Waals surface area contributed by atoms with Crippen LogP contribution in [0.15, 0.2) is 176 Å². The molecular weight excluding hydrogens is 1210 g/mol. The van der Waals surface area contributed by atoms with Crippen LogP contribution in [0.2, 0.25) is 0 Å². The van der Waals surface area contributed by atoms with Gasteiger partial charge in [-0.15, -0.1) is 0 Å². The molecule has 8 rings (SSSR count). The Labute approximate surface area is 468 Å². The molecule has 3 nitrogen and oxygen atoms in total. The minimum atomic E-state index is -6.13. The van der Waals surface area contributed by atoms with E-state index in [9.17, 15) is 115 Å². The van der Waals surface area contributed by atoms with Crippen LogP contribution in [0.3, 0.4) is 0 Å². The van der Waals surface area contributed by atoms with E-state index in [2.05, 4.69) is 0 Å². The van der Waals surface area contributed by atoms with Gasteiger partial charge in [0.1, 0.15) is 6.15 Å². The molecule has 7 aromatic carbocycles. The molecule has 1 aromatic heterocycles. The summed E-state index contributed by atoms with van der Waals surface area (Å²) in [5, 5.41) is 1.80. The van der Waals surface area contributed by atoms with Crippen molar-refractivity contribution in [3.8, 4) is 0 Å². The van der Waals surface area contributed by atoms with Gasteiger partial charge in [0.2, 0.25) is 18.1 Å². The fourth-order valence-electron chi connectivity index (χ4n) is 9.42. The van der Waals surface area contributed by atoms with Crippen LogP contribution in [0, 0.1) is 0 Å². The van der Waals surface area contributed by atoms with Crippen molar-refractivity contribution in [2.24, 2.45) is 0 Å². The van der Waals surface area contributed by atoms with E-state index in [1.807, 2.05) is 85.1 Å². The van der Waals surface area contributed by atoms with E-state index >= 15 is 0 Å². The van der Waals surface area contributed by atoms with Crippen LogP contribution in [-0.4, -0.2) is 17.7 Å². The molecule has 0 unspecified atom stereocenters. The number of benzene rings is 7. The van der Waals surface area contributed by atoms with E-state index in [1.165, 1.54) is 0 Å². The van der Waals surface area contributed by atoms with Gasteiger partial charge in [0, 0.05) is 11.6 Å². The number of ketones is 2. The second kappa shape index (κ2) is 23.4. The molecule has 8 aromatic rings. The fraction of sp³-hybridized carbons (Fsp3) is 0.155. The number of pyridine rings is 1. The third-order valence-electron chi connectivity index (χ3n) is 13.2. The number of carbonyl (C=O) groups excluding carboxylic acids is 2. The average molecular weight is 1240 g/mol. The van der Waals surface area contributed by atoms with Crippen LogP contribution in [0.25, 0.3) is 16.8 Å². The van der Waals surface area contributed by atoms with Gasteiger partial charge in [0.05, 0.1) is 49.9 Å². The monoisotopic (exact) mass is 1240 g/mol. The molecule has 0 radical (unpaired) electrons. The molecule has 0 aliphatic rings. The van der Waals surface area contributed by atoms with Gasteiger partial charge >= 0.3 is 49.4 Å². The standard InChI is InChI=1S/C32H12BF24.C26H20NO2/c34-25(35,36)13-1-14(26(37,38)39)6-21(5-13)33(22-7-15(27(40,41)42)2-16(8-22)28(43,44)45,23-9-17(29(46,47)48)3-18(10-23)30(49,50)51)24-11-19(31(52,53)54)4-20(12-24)32(55,56)57;28-24(16-15-20-9-3-1-4-10-20)26-23-14-8-7-11-21(23)17-18-27(26)19-25(29)22-12-5-2-6-13-22/h1-12H;1-18H,19H2/q-1;+1. The number of Topliss-reactive ketones (excluding diaryl/α,β-unsaturated/α-hetero) is 1. The van der Waals surface area contributed by atoms with Crippen LogP contribution >= 0.6 is 0 Å². The first-order valence-corrected chi connectivity index (χ1v) is 24.1.